The van der Waals surface area contributed by atoms with Crippen LogP contribution >= 0.6 is 0 Å². The summed E-state index contributed by atoms with van der Waals surface area (Å²) in [4.78, 5) is 0. The first-order valence-corrected chi connectivity index (χ1v) is 5.17. The number of aryl methyl sites for hydroxylation is 2. The number of hydrogen-bond acceptors (Lipinski definition) is 2. The van der Waals surface area contributed by atoms with Crippen LogP contribution in [0.15, 0.2) is 0 Å². The van der Waals surface area contributed by atoms with Gasteiger partial charge in [0.1, 0.15) is 0 Å². The molecule has 1 rings (SSSR count). The molecule has 0 bridgehead atoms. The molecule has 0 fully saturated rings. The number of rotatable bonds is 5. The van der Waals surface area contributed by atoms with E-state index in [1.807, 2.05) is 11.7 Å². The van der Waals surface area contributed by atoms with E-state index in [0.29, 0.717) is 0 Å². The van der Waals surface area contributed by atoms with Gasteiger partial charge in [-0.3, -0.25) is 4.68 Å². The van der Waals surface area contributed by atoms with Crippen molar-refractivity contribution >= 4 is 0 Å². The zero-order valence-electron chi connectivity index (χ0n) is 8.88. The quantitative estimate of drug-likeness (QED) is 0.696. The fourth-order valence-electron chi connectivity index (χ4n) is 1.50. The molecule has 0 aromatic carbocycles. The predicted octanol–water partition coefficient (Wildman–Crippen LogP) is 2.11. The van der Waals surface area contributed by atoms with E-state index in [0.717, 1.165) is 12.8 Å². The third-order valence-corrected chi connectivity index (χ3v) is 2.28. The standard InChI is InChI=1S/C10H19N3/c1-4-6-8-9-10(7-5-2)13(3)12-11-9/h4-8H2,1-3H3. The first-order chi connectivity index (χ1) is 6.29. The molecule has 0 aliphatic carbocycles. The summed E-state index contributed by atoms with van der Waals surface area (Å²) < 4.78 is 1.91. The molecule has 3 heteroatoms. The van der Waals surface area contributed by atoms with Gasteiger partial charge in [-0.1, -0.05) is 31.9 Å². The minimum atomic E-state index is 1.08. The molecule has 0 amide bonds. The Bertz CT molecular complexity index is 253. The van der Waals surface area contributed by atoms with Gasteiger partial charge in [0.05, 0.1) is 11.4 Å². The zero-order chi connectivity index (χ0) is 9.68. The van der Waals surface area contributed by atoms with Crippen molar-refractivity contribution < 1.29 is 0 Å². The minimum absolute atomic E-state index is 1.08. The third-order valence-electron chi connectivity index (χ3n) is 2.28. The average Bonchev–Trinajstić information content (AvgIpc) is 2.46. The largest absolute Gasteiger partial charge is 0.252 e. The van der Waals surface area contributed by atoms with Gasteiger partial charge in [-0.05, 0) is 19.3 Å². The van der Waals surface area contributed by atoms with Crippen LogP contribution in [-0.4, -0.2) is 15.0 Å². The lowest BCUT2D eigenvalue weighted by atomic mass is 10.1. The molecule has 0 saturated carbocycles. The molecule has 1 aromatic rings. The molecule has 1 heterocycles. The second-order valence-electron chi connectivity index (χ2n) is 3.46. The molecule has 0 atom stereocenters. The van der Waals surface area contributed by atoms with Crippen LogP contribution in [0.4, 0.5) is 0 Å². The molecule has 0 unspecified atom stereocenters. The minimum Gasteiger partial charge on any atom is -0.252 e. The Balaban J connectivity index is 2.68. The van der Waals surface area contributed by atoms with Gasteiger partial charge in [0.15, 0.2) is 0 Å². The van der Waals surface area contributed by atoms with E-state index >= 15 is 0 Å². The molecule has 0 radical (unpaired) electrons. The Kier molecular flexibility index (Phi) is 3.93. The van der Waals surface area contributed by atoms with Crippen molar-refractivity contribution in [2.75, 3.05) is 0 Å². The van der Waals surface area contributed by atoms with E-state index in [1.54, 1.807) is 0 Å². The van der Waals surface area contributed by atoms with Crippen LogP contribution in [0.3, 0.4) is 0 Å². The zero-order valence-corrected chi connectivity index (χ0v) is 8.88. The molecule has 0 saturated heterocycles. The van der Waals surface area contributed by atoms with E-state index < -0.39 is 0 Å². The van der Waals surface area contributed by atoms with Gasteiger partial charge in [-0.2, -0.15) is 0 Å². The molecular weight excluding hydrogens is 162 g/mol. The van der Waals surface area contributed by atoms with Gasteiger partial charge < -0.3 is 0 Å². The SMILES string of the molecule is CCCCc1nnn(C)c1CCC. The normalized spacial score (nSPS) is 10.7. The van der Waals surface area contributed by atoms with Gasteiger partial charge in [-0.15, -0.1) is 5.10 Å². The second-order valence-corrected chi connectivity index (χ2v) is 3.46. The molecule has 0 aliphatic heterocycles. The van der Waals surface area contributed by atoms with E-state index in [9.17, 15) is 0 Å². The van der Waals surface area contributed by atoms with E-state index in [4.69, 9.17) is 0 Å². The Morgan fingerprint density at radius 2 is 1.92 bits per heavy atom. The Morgan fingerprint density at radius 1 is 1.15 bits per heavy atom. The smallest absolute Gasteiger partial charge is 0.0859 e. The maximum absolute atomic E-state index is 4.18. The summed E-state index contributed by atoms with van der Waals surface area (Å²) >= 11 is 0. The number of hydrogen-bond donors (Lipinski definition) is 0. The van der Waals surface area contributed by atoms with Crippen LogP contribution in [0.25, 0.3) is 0 Å². The summed E-state index contributed by atoms with van der Waals surface area (Å²) in [5.41, 5.74) is 2.52. The van der Waals surface area contributed by atoms with Crippen LogP contribution < -0.4 is 0 Å². The van der Waals surface area contributed by atoms with Crippen molar-refractivity contribution in [3.63, 3.8) is 0 Å². The topological polar surface area (TPSA) is 30.7 Å². The van der Waals surface area contributed by atoms with Crippen molar-refractivity contribution in [3.8, 4) is 0 Å². The van der Waals surface area contributed by atoms with Gasteiger partial charge >= 0.3 is 0 Å². The maximum atomic E-state index is 4.18. The third kappa shape index (κ3) is 2.54. The summed E-state index contributed by atoms with van der Waals surface area (Å²) in [6.07, 6.45) is 5.79. The highest BCUT2D eigenvalue weighted by Gasteiger charge is 2.08. The van der Waals surface area contributed by atoms with E-state index in [1.165, 1.54) is 30.7 Å². The molecule has 0 spiro atoms. The number of aromatic nitrogens is 3. The fraction of sp³-hybridized carbons (Fsp3) is 0.800. The first-order valence-electron chi connectivity index (χ1n) is 5.17. The molecular formula is C10H19N3. The van der Waals surface area contributed by atoms with Crippen molar-refractivity contribution in [1.82, 2.24) is 15.0 Å². The maximum Gasteiger partial charge on any atom is 0.0859 e. The second kappa shape index (κ2) is 5.00. The van der Waals surface area contributed by atoms with Crippen LogP contribution in [-0.2, 0) is 19.9 Å². The first kappa shape index (κ1) is 10.2. The highest BCUT2D eigenvalue weighted by atomic mass is 15.4. The lowest BCUT2D eigenvalue weighted by Gasteiger charge is -2.01. The number of nitrogens with zero attached hydrogens (tertiary/aromatic N) is 3. The molecule has 74 valence electrons. The highest BCUT2D eigenvalue weighted by molar-refractivity contribution is 5.10. The molecule has 1 aromatic heterocycles. The van der Waals surface area contributed by atoms with E-state index in [2.05, 4.69) is 24.2 Å². The predicted molar refractivity (Wildman–Crippen MR) is 53.6 cm³/mol. The summed E-state index contributed by atoms with van der Waals surface area (Å²) in [6, 6.07) is 0. The summed E-state index contributed by atoms with van der Waals surface area (Å²) in [5.74, 6) is 0. The lowest BCUT2D eigenvalue weighted by Crippen LogP contribution is -2.00. The van der Waals surface area contributed by atoms with Gasteiger partial charge in [-0.25, -0.2) is 0 Å². The van der Waals surface area contributed by atoms with Crippen molar-refractivity contribution in [1.29, 1.82) is 0 Å². The molecule has 3 nitrogen and oxygen atoms in total. The molecule has 13 heavy (non-hydrogen) atoms. The van der Waals surface area contributed by atoms with Crippen LogP contribution in [0.1, 0.15) is 44.5 Å². The van der Waals surface area contributed by atoms with Crippen molar-refractivity contribution in [2.45, 2.75) is 46.0 Å². The van der Waals surface area contributed by atoms with Crippen molar-refractivity contribution in [2.24, 2.45) is 7.05 Å². The van der Waals surface area contributed by atoms with Crippen LogP contribution in [0.5, 0.6) is 0 Å². The average molecular weight is 181 g/mol. The summed E-state index contributed by atoms with van der Waals surface area (Å²) in [7, 11) is 1.98. The summed E-state index contributed by atoms with van der Waals surface area (Å²) in [6.45, 7) is 4.40. The van der Waals surface area contributed by atoms with Crippen LogP contribution in [0, 0.1) is 0 Å². The van der Waals surface area contributed by atoms with Gasteiger partial charge in [0.25, 0.3) is 0 Å². The Hall–Kier alpha value is -0.860. The molecule has 0 aliphatic rings. The van der Waals surface area contributed by atoms with E-state index in [-0.39, 0.29) is 0 Å². The monoisotopic (exact) mass is 181 g/mol. The molecule has 0 N–H and O–H groups in total. The number of unbranched alkanes of at least 4 members (excludes halogenated alkanes) is 1. The fourth-order valence-corrected chi connectivity index (χ4v) is 1.50. The Morgan fingerprint density at radius 3 is 2.54 bits per heavy atom. The highest BCUT2D eigenvalue weighted by Crippen LogP contribution is 2.10. The summed E-state index contributed by atoms with van der Waals surface area (Å²) in [5, 5.41) is 8.24. The lowest BCUT2D eigenvalue weighted by molar-refractivity contribution is 0.669. The van der Waals surface area contributed by atoms with Crippen LogP contribution in [0.2, 0.25) is 0 Å². The van der Waals surface area contributed by atoms with Crippen molar-refractivity contribution in [3.05, 3.63) is 11.4 Å². The Labute approximate surface area is 80.1 Å². The van der Waals surface area contributed by atoms with Gasteiger partial charge in [0, 0.05) is 7.05 Å². The van der Waals surface area contributed by atoms with Gasteiger partial charge in [0.2, 0.25) is 0 Å².